The Morgan fingerprint density at radius 2 is 2.05 bits per heavy atom. The highest BCUT2D eigenvalue weighted by molar-refractivity contribution is 6.76. The third kappa shape index (κ3) is 3.80. The van der Waals surface area contributed by atoms with E-state index in [2.05, 4.69) is 25.0 Å². The van der Waals surface area contributed by atoms with Crippen LogP contribution in [0.3, 0.4) is 0 Å². The predicted molar refractivity (Wildman–Crippen MR) is 86.8 cm³/mol. The number of benzene rings is 1. The number of anilines is 1. The van der Waals surface area contributed by atoms with Gasteiger partial charge < -0.3 is 10.1 Å². The van der Waals surface area contributed by atoms with Crippen LogP contribution in [0.5, 0.6) is 0 Å². The van der Waals surface area contributed by atoms with Gasteiger partial charge in [-0.05, 0) is 24.6 Å². The molecule has 4 nitrogen and oxygen atoms in total. The minimum Gasteiger partial charge on any atom is -0.381 e. The Morgan fingerprint density at radius 3 is 2.67 bits per heavy atom. The molecule has 1 N–H and O–H groups in total. The number of ether oxygens (including phenoxy) is 1. The van der Waals surface area contributed by atoms with Gasteiger partial charge in [0.15, 0.2) is 5.78 Å². The molecule has 1 unspecified atom stereocenters. The molecule has 0 saturated heterocycles. The summed E-state index contributed by atoms with van der Waals surface area (Å²) in [6, 6.07) is 6.55. The molecule has 1 aliphatic rings. The molecule has 2 rings (SSSR count). The summed E-state index contributed by atoms with van der Waals surface area (Å²) in [5, 5.41) is 2.82. The quantitative estimate of drug-likeness (QED) is 0.498. The van der Waals surface area contributed by atoms with Crippen LogP contribution in [-0.2, 0) is 9.53 Å². The number of carbonyl (C=O) groups excluding carboxylic acids is 2. The molecule has 1 aromatic rings. The van der Waals surface area contributed by atoms with E-state index < -0.39 is 8.07 Å². The van der Waals surface area contributed by atoms with Gasteiger partial charge in [-0.25, -0.2) is 0 Å². The standard InChI is InChI=1S/C16H23NO3Si/c1-11(18)12-6-5-7-13-14(16(19)17-15(12)13)10-20-8-9-21(2,3)4/h5-7,14H,8-10H2,1-4H3,(H,17,19). The van der Waals surface area contributed by atoms with E-state index in [0.29, 0.717) is 24.5 Å². The summed E-state index contributed by atoms with van der Waals surface area (Å²) < 4.78 is 5.71. The summed E-state index contributed by atoms with van der Waals surface area (Å²) in [7, 11) is -1.12. The van der Waals surface area contributed by atoms with Crippen molar-refractivity contribution in [1.29, 1.82) is 0 Å². The molecular formula is C16H23NO3Si. The molecule has 0 radical (unpaired) electrons. The highest BCUT2D eigenvalue weighted by Gasteiger charge is 2.32. The van der Waals surface area contributed by atoms with Crippen LogP contribution in [0.25, 0.3) is 0 Å². The van der Waals surface area contributed by atoms with Crippen LogP contribution in [0.1, 0.15) is 28.8 Å². The Balaban J connectivity index is 2.06. The first-order valence-electron chi connectivity index (χ1n) is 7.32. The molecule has 21 heavy (non-hydrogen) atoms. The van der Waals surface area contributed by atoms with Crippen molar-refractivity contribution in [1.82, 2.24) is 0 Å². The first-order valence-corrected chi connectivity index (χ1v) is 11.0. The van der Waals surface area contributed by atoms with Crippen LogP contribution < -0.4 is 5.32 Å². The lowest BCUT2D eigenvalue weighted by Gasteiger charge is -2.16. The molecule has 0 fully saturated rings. The van der Waals surface area contributed by atoms with E-state index in [-0.39, 0.29) is 17.6 Å². The van der Waals surface area contributed by atoms with Crippen LogP contribution in [0.4, 0.5) is 5.69 Å². The van der Waals surface area contributed by atoms with Crippen LogP contribution in [0.15, 0.2) is 18.2 Å². The minimum atomic E-state index is -1.12. The molecule has 0 spiro atoms. The number of hydrogen-bond acceptors (Lipinski definition) is 3. The van der Waals surface area contributed by atoms with Crippen molar-refractivity contribution >= 4 is 25.5 Å². The monoisotopic (exact) mass is 305 g/mol. The van der Waals surface area contributed by atoms with Crippen molar-refractivity contribution in [2.24, 2.45) is 0 Å². The van der Waals surface area contributed by atoms with E-state index >= 15 is 0 Å². The summed E-state index contributed by atoms with van der Waals surface area (Å²) >= 11 is 0. The fraction of sp³-hybridized carbons (Fsp3) is 0.500. The maximum absolute atomic E-state index is 12.1. The Labute approximate surface area is 126 Å². The van der Waals surface area contributed by atoms with Gasteiger partial charge in [-0.2, -0.15) is 0 Å². The fourth-order valence-electron chi connectivity index (χ4n) is 2.39. The third-order valence-electron chi connectivity index (χ3n) is 3.70. The lowest BCUT2D eigenvalue weighted by atomic mass is 9.98. The Kier molecular flexibility index (Phi) is 4.63. The summed E-state index contributed by atoms with van der Waals surface area (Å²) in [4.78, 5) is 23.7. The minimum absolute atomic E-state index is 0.0348. The number of rotatable bonds is 6. The smallest absolute Gasteiger partial charge is 0.234 e. The van der Waals surface area contributed by atoms with Gasteiger partial charge in [-0.15, -0.1) is 0 Å². The molecule has 0 aromatic heterocycles. The predicted octanol–water partition coefficient (Wildman–Crippen LogP) is 3.28. The second-order valence-corrected chi connectivity index (χ2v) is 12.4. The number of para-hydroxylation sites is 1. The topological polar surface area (TPSA) is 55.4 Å². The number of fused-ring (bicyclic) bond motifs is 1. The van der Waals surface area contributed by atoms with Crippen molar-refractivity contribution in [3.05, 3.63) is 29.3 Å². The zero-order chi connectivity index (χ0) is 15.6. The summed E-state index contributed by atoms with van der Waals surface area (Å²) in [5.41, 5.74) is 2.11. The van der Waals surface area contributed by atoms with Crippen molar-refractivity contribution in [2.45, 2.75) is 38.5 Å². The Bertz CT molecular complexity index is 563. The molecule has 0 aliphatic carbocycles. The maximum Gasteiger partial charge on any atom is 0.234 e. The van der Waals surface area contributed by atoms with Gasteiger partial charge in [0, 0.05) is 20.2 Å². The zero-order valence-electron chi connectivity index (χ0n) is 13.2. The highest BCUT2D eigenvalue weighted by Crippen LogP contribution is 2.35. The Hall–Kier alpha value is -1.46. The van der Waals surface area contributed by atoms with E-state index in [0.717, 1.165) is 11.6 Å². The normalized spacial score (nSPS) is 17.5. The largest absolute Gasteiger partial charge is 0.381 e. The molecule has 1 heterocycles. The van der Waals surface area contributed by atoms with Gasteiger partial charge in [-0.1, -0.05) is 31.8 Å². The van der Waals surface area contributed by atoms with Gasteiger partial charge in [0.25, 0.3) is 0 Å². The lowest BCUT2D eigenvalue weighted by Crippen LogP contribution is -2.23. The van der Waals surface area contributed by atoms with Crippen LogP contribution >= 0.6 is 0 Å². The summed E-state index contributed by atoms with van der Waals surface area (Å²) in [6.07, 6.45) is 0. The first-order chi connectivity index (χ1) is 9.79. The number of nitrogens with one attached hydrogen (secondary N) is 1. The second-order valence-electron chi connectivity index (χ2n) is 6.75. The van der Waals surface area contributed by atoms with E-state index in [9.17, 15) is 9.59 Å². The van der Waals surface area contributed by atoms with Crippen LogP contribution in [-0.4, -0.2) is 33.0 Å². The summed E-state index contributed by atoms with van der Waals surface area (Å²) in [5.74, 6) is -0.417. The average Bonchev–Trinajstić information content (AvgIpc) is 2.69. The first kappa shape index (κ1) is 15.9. The van der Waals surface area contributed by atoms with Crippen molar-refractivity contribution in [2.75, 3.05) is 18.5 Å². The van der Waals surface area contributed by atoms with Gasteiger partial charge >= 0.3 is 0 Å². The molecule has 5 heteroatoms. The maximum atomic E-state index is 12.1. The molecular weight excluding hydrogens is 282 g/mol. The van der Waals surface area contributed by atoms with E-state index in [4.69, 9.17) is 4.74 Å². The molecule has 1 atom stereocenters. The van der Waals surface area contributed by atoms with Gasteiger partial charge in [-0.3, -0.25) is 9.59 Å². The number of amides is 1. The van der Waals surface area contributed by atoms with Gasteiger partial charge in [0.1, 0.15) is 0 Å². The van der Waals surface area contributed by atoms with Crippen LogP contribution in [0, 0.1) is 0 Å². The third-order valence-corrected chi connectivity index (χ3v) is 5.40. The number of hydrogen-bond donors (Lipinski definition) is 1. The number of ketones is 1. The van der Waals surface area contributed by atoms with Crippen molar-refractivity contribution in [3.8, 4) is 0 Å². The number of carbonyl (C=O) groups is 2. The summed E-state index contributed by atoms with van der Waals surface area (Å²) in [6.45, 7) is 9.48. The van der Waals surface area contributed by atoms with Crippen molar-refractivity contribution < 1.29 is 14.3 Å². The molecule has 0 saturated carbocycles. The van der Waals surface area contributed by atoms with Crippen LogP contribution in [0.2, 0.25) is 25.7 Å². The molecule has 1 aromatic carbocycles. The van der Waals surface area contributed by atoms with E-state index in [1.165, 1.54) is 6.92 Å². The highest BCUT2D eigenvalue weighted by atomic mass is 28.3. The lowest BCUT2D eigenvalue weighted by molar-refractivity contribution is -0.118. The molecule has 114 valence electrons. The Morgan fingerprint density at radius 1 is 1.33 bits per heavy atom. The molecule has 0 bridgehead atoms. The second kappa shape index (κ2) is 6.11. The van der Waals surface area contributed by atoms with Gasteiger partial charge in [0.2, 0.25) is 5.91 Å². The van der Waals surface area contributed by atoms with E-state index in [1.807, 2.05) is 12.1 Å². The molecule has 1 amide bonds. The SMILES string of the molecule is CC(=O)c1cccc2c1NC(=O)C2COCC[Si](C)(C)C. The fourth-order valence-corrected chi connectivity index (χ4v) is 3.15. The zero-order valence-corrected chi connectivity index (χ0v) is 14.2. The average molecular weight is 305 g/mol. The van der Waals surface area contributed by atoms with E-state index in [1.54, 1.807) is 6.07 Å². The number of Topliss-reactive ketones (excluding diaryl/α,β-unsaturated/α-hetero) is 1. The van der Waals surface area contributed by atoms with Crippen molar-refractivity contribution in [3.63, 3.8) is 0 Å². The van der Waals surface area contributed by atoms with Gasteiger partial charge in [0.05, 0.1) is 18.2 Å². The molecule has 1 aliphatic heterocycles.